The molecule has 4 aromatic rings. The summed E-state index contributed by atoms with van der Waals surface area (Å²) in [4.78, 5) is 12.5. The summed E-state index contributed by atoms with van der Waals surface area (Å²) < 4.78 is 33.4. The molecule has 0 bridgehead atoms. The van der Waals surface area contributed by atoms with E-state index >= 15 is 0 Å². The number of anilines is 1. The van der Waals surface area contributed by atoms with E-state index in [-0.39, 0.29) is 18.5 Å². The van der Waals surface area contributed by atoms with Gasteiger partial charge in [0.2, 0.25) is 0 Å². The molecule has 36 heavy (non-hydrogen) atoms. The average Bonchev–Trinajstić information content (AvgIpc) is 3.28. The van der Waals surface area contributed by atoms with Gasteiger partial charge < -0.3 is 24.3 Å². The van der Waals surface area contributed by atoms with Crippen molar-refractivity contribution >= 4 is 24.5 Å². The van der Waals surface area contributed by atoms with E-state index in [9.17, 15) is 4.57 Å². The number of nitrogen functional groups attached to an aromatic ring is 1. The largest absolute Gasteiger partial charge is 0.431 e. The Morgan fingerprint density at radius 2 is 1.75 bits per heavy atom. The van der Waals surface area contributed by atoms with Crippen molar-refractivity contribution < 1.29 is 18.6 Å². The van der Waals surface area contributed by atoms with E-state index in [0.29, 0.717) is 42.5 Å². The van der Waals surface area contributed by atoms with E-state index in [0.717, 1.165) is 5.56 Å². The van der Waals surface area contributed by atoms with Gasteiger partial charge in [-0.25, -0.2) is 20.0 Å². The highest BCUT2D eigenvalue weighted by molar-refractivity contribution is 7.57. The number of nitrogens with two attached hydrogens (primary N) is 1. The molecule has 11 heteroatoms. The number of ether oxygens (including phenoxy) is 2. The quantitative estimate of drug-likeness (QED) is 0.254. The summed E-state index contributed by atoms with van der Waals surface area (Å²) in [5.74, 6) is 0.815. The minimum Gasteiger partial charge on any atom is -0.431 e. The molecule has 0 aliphatic carbocycles. The molecule has 0 amide bonds. The van der Waals surface area contributed by atoms with Crippen LogP contribution in [0.15, 0.2) is 73.3 Å². The summed E-state index contributed by atoms with van der Waals surface area (Å²) in [7, 11) is -3.43. The molecular formula is C25H31N6O4P. The zero-order chi connectivity index (χ0) is 25.4. The highest BCUT2D eigenvalue weighted by Gasteiger charge is 2.29. The maximum absolute atomic E-state index is 13.8. The van der Waals surface area contributed by atoms with E-state index in [1.807, 2.05) is 66.9 Å². The van der Waals surface area contributed by atoms with E-state index in [1.54, 1.807) is 18.5 Å². The third kappa shape index (κ3) is 7.11. The van der Waals surface area contributed by atoms with Crippen LogP contribution in [0.3, 0.4) is 0 Å². The summed E-state index contributed by atoms with van der Waals surface area (Å²) in [6, 6.07) is 18.7. The second kappa shape index (κ2) is 12.1. The lowest BCUT2D eigenvalue weighted by Crippen LogP contribution is -2.32. The van der Waals surface area contributed by atoms with Crippen LogP contribution < -0.4 is 15.3 Å². The summed E-state index contributed by atoms with van der Waals surface area (Å²) in [6.45, 7) is 5.05. The Morgan fingerprint density at radius 3 is 2.50 bits per heavy atom. The molecule has 3 atom stereocenters. The van der Waals surface area contributed by atoms with Crippen LogP contribution in [0.5, 0.6) is 5.75 Å². The highest BCUT2D eigenvalue weighted by atomic mass is 31.2. The number of rotatable bonds is 13. The summed E-state index contributed by atoms with van der Waals surface area (Å²) >= 11 is 0. The van der Waals surface area contributed by atoms with Crippen LogP contribution in [0.25, 0.3) is 11.2 Å². The van der Waals surface area contributed by atoms with Crippen molar-refractivity contribution in [2.45, 2.75) is 39.1 Å². The third-order valence-corrected chi connectivity index (χ3v) is 7.13. The zero-order valence-electron chi connectivity index (χ0n) is 20.4. The highest BCUT2D eigenvalue weighted by Crippen LogP contribution is 2.44. The van der Waals surface area contributed by atoms with Crippen molar-refractivity contribution in [3.63, 3.8) is 0 Å². The normalized spacial score (nSPS) is 14.8. The van der Waals surface area contributed by atoms with Gasteiger partial charge in [0.05, 0.1) is 32.2 Å². The number of fused-ring (bicyclic) bond motifs is 1. The van der Waals surface area contributed by atoms with Gasteiger partial charge in [0.25, 0.3) is 0 Å². The van der Waals surface area contributed by atoms with Gasteiger partial charge in [-0.05, 0) is 31.5 Å². The van der Waals surface area contributed by atoms with Gasteiger partial charge in [0.1, 0.15) is 23.9 Å². The molecule has 2 heterocycles. The van der Waals surface area contributed by atoms with Crippen LogP contribution in [0.4, 0.5) is 5.82 Å². The van der Waals surface area contributed by atoms with E-state index in [2.05, 4.69) is 20.0 Å². The van der Waals surface area contributed by atoms with Crippen molar-refractivity contribution in [2.24, 2.45) is 0 Å². The lowest BCUT2D eigenvalue weighted by molar-refractivity contribution is 0.0800. The number of hydrogen-bond donors (Lipinski definition) is 2. The van der Waals surface area contributed by atoms with Gasteiger partial charge in [-0.2, -0.15) is 0 Å². The van der Waals surface area contributed by atoms with Crippen LogP contribution >= 0.6 is 7.52 Å². The molecule has 0 saturated heterocycles. The summed E-state index contributed by atoms with van der Waals surface area (Å²) in [5, 5.41) is 3.11. The zero-order valence-corrected chi connectivity index (χ0v) is 21.3. The minimum atomic E-state index is -3.43. The van der Waals surface area contributed by atoms with Crippen molar-refractivity contribution in [3.05, 3.63) is 78.9 Å². The number of nitrogens with one attached hydrogen (secondary N) is 1. The molecule has 0 saturated carbocycles. The molecule has 10 nitrogen and oxygen atoms in total. The number of para-hydroxylation sites is 1. The fourth-order valence-electron chi connectivity index (χ4n) is 3.63. The van der Waals surface area contributed by atoms with Crippen LogP contribution in [0.2, 0.25) is 0 Å². The molecule has 0 fully saturated rings. The van der Waals surface area contributed by atoms with Crippen LogP contribution in [0, 0.1) is 0 Å². The summed E-state index contributed by atoms with van der Waals surface area (Å²) in [6.07, 6.45) is 2.60. The molecule has 0 aliphatic heterocycles. The number of aromatic nitrogens is 4. The standard InChI is InChI=1S/C25H31N6O4P/c1-19(14-33-15-21-9-5-3-6-10-21)30-36(32,35-22-11-7-4-8-12-22)18-34-20(2)13-31-17-29-23-24(26)27-16-28-25(23)31/h3-12,16-17,19-20H,13-15,18H2,1-2H3,(H,30,32)(H2,26,27,28)/t19-,20-,36-/m1/s1. The molecule has 3 N–H and O–H groups in total. The topological polar surface area (TPSA) is 126 Å². The first-order valence-corrected chi connectivity index (χ1v) is 13.5. The van der Waals surface area contributed by atoms with Crippen molar-refractivity contribution in [3.8, 4) is 5.75 Å². The van der Waals surface area contributed by atoms with Gasteiger partial charge in [0, 0.05) is 6.04 Å². The van der Waals surface area contributed by atoms with Gasteiger partial charge in [-0.3, -0.25) is 4.57 Å². The first-order chi connectivity index (χ1) is 17.4. The Morgan fingerprint density at radius 1 is 1.03 bits per heavy atom. The number of nitrogens with zero attached hydrogens (tertiary/aromatic N) is 4. The molecule has 0 unspecified atom stereocenters. The first-order valence-electron chi connectivity index (χ1n) is 11.7. The predicted octanol–water partition coefficient (Wildman–Crippen LogP) is 4.24. The number of imidazole rings is 1. The monoisotopic (exact) mass is 510 g/mol. The molecule has 0 aliphatic rings. The molecule has 0 spiro atoms. The predicted molar refractivity (Wildman–Crippen MR) is 139 cm³/mol. The summed E-state index contributed by atoms with van der Waals surface area (Å²) in [5.41, 5.74) is 8.10. The molecule has 190 valence electrons. The minimum absolute atomic E-state index is 0.129. The Hall–Kier alpha value is -3.30. The van der Waals surface area contributed by atoms with Crippen molar-refractivity contribution in [1.29, 1.82) is 0 Å². The third-order valence-electron chi connectivity index (χ3n) is 5.30. The maximum atomic E-state index is 13.8. The Balaban J connectivity index is 1.37. The molecule has 0 radical (unpaired) electrons. The lowest BCUT2D eigenvalue weighted by atomic mass is 10.2. The van der Waals surface area contributed by atoms with E-state index in [4.69, 9.17) is 19.7 Å². The second-order valence-electron chi connectivity index (χ2n) is 8.54. The Labute approximate surface area is 210 Å². The van der Waals surface area contributed by atoms with Gasteiger partial charge >= 0.3 is 7.52 Å². The fourth-order valence-corrected chi connectivity index (χ4v) is 5.47. The van der Waals surface area contributed by atoms with E-state index in [1.165, 1.54) is 6.33 Å². The van der Waals surface area contributed by atoms with E-state index < -0.39 is 7.52 Å². The molecular weight excluding hydrogens is 479 g/mol. The maximum Gasteiger partial charge on any atom is 0.342 e. The van der Waals surface area contributed by atoms with Gasteiger partial charge in [-0.1, -0.05) is 48.5 Å². The Bertz CT molecular complexity index is 1290. The van der Waals surface area contributed by atoms with Crippen LogP contribution in [-0.2, 0) is 27.2 Å². The molecule has 2 aromatic carbocycles. The number of hydrogen-bond acceptors (Lipinski definition) is 8. The fraction of sp³-hybridized carbons (Fsp3) is 0.320. The SMILES string of the molecule is C[C@H](COCc1ccccc1)N[P@@](=O)(CO[C@H](C)Cn1cnc2c(N)ncnc21)Oc1ccccc1. The average molecular weight is 511 g/mol. The smallest absolute Gasteiger partial charge is 0.342 e. The van der Waals surface area contributed by atoms with Crippen molar-refractivity contribution in [2.75, 3.05) is 18.7 Å². The number of benzene rings is 2. The Kier molecular flexibility index (Phi) is 8.66. The van der Waals surface area contributed by atoms with Gasteiger partial charge in [0.15, 0.2) is 11.5 Å². The first kappa shape index (κ1) is 25.8. The molecule has 4 rings (SSSR count). The van der Waals surface area contributed by atoms with Crippen LogP contribution in [-0.4, -0.2) is 44.6 Å². The van der Waals surface area contributed by atoms with Gasteiger partial charge in [-0.15, -0.1) is 0 Å². The van der Waals surface area contributed by atoms with Crippen LogP contribution in [0.1, 0.15) is 19.4 Å². The second-order valence-corrected chi connectivity index (χ2v) is 10.6. The van der Waals surface area contributed by atoms with Crippen molar-refractivity contribution in [1.82, 2.24) is 24.6 Å². The molecule has 2 aromatic heterocycles. The lowest BCUT2D eigenvalue weighted by Gasteiger charge is -2.25.